The maximum absolute atomic E-state index is 12.4. The molecule has 0 spiro atoms. The predicted molar refractivity (Wildman–Crippen MR) is 123 cm³/mol. The van der Waals surface area contributed by atoms with Crippen molar-refractivity contribution in [3.63, 3.8) is 0 Å². The fraction of sp³-hybridized carbons (Fsp3) is 0.200. The van der Waals surface area contributed by atoms with Crippen LogP contribution >= 0.6 is 0 Å². The van der Waals surface area contributed by atoms with Crippen molar-refractivity contribution in [2.45, 2.75) is 13.5 Å². The Balaban J connectivity index is 1.64. The molecule has 7 nitrogen and oxygen atoms in total. The van der Waals surface area contributed by atoms with Crippen LogP contribution in [0.4, 0.5) is 0 Å². The van der Waals surface area contributed by atoms with Crippen LogP contribution in [0.15, 0.2) is 65.8 Å². The largest absolute Gasteiger partial charge is 0.497 e. The van der Waals surface area contributed by atoms with Crippen LogP contribution in [0.2, 0.25) is 0 Å². The van der Waals surface area contributed by atoms with Crippen molar-refractivity contribution in [1.29, 1.82) is 0 Å². The van der Waals surface area contributed by atoms with Gasteiger partial charge in [0.15, 0.2) is 11.5 Å². The molecule has 0 unspecified atom stereocenters. The normalized spacial score (nSPS) is 10.6. The molecule has 0 atom stereocenters. The number of ether oxygens (including phenoxy) is 4. The first-order valence-electron chi connectivity index (χ1n) is 9.95. The van der Waals surface area contributed by atoms with Crippen molar-refractivity contribution in [2.24, 2.45) is 5.10 Å². The van der Waals surface area contributed by atoms with E-state index in [0.29, 0.717) is 35.2 Å². The van der Waals surface area contributed by atoms with E-state index in [9.17, 15) is 4.79 Å². The van der Waals surface area contributed by atoms with Gasteiger partial charge in [-0.1, -0.05) is 29.8 Å². The molecule has 0 saturated carbocycles. The number of carbonyl (C=O) groups is 1. The Kier molecular flexibility index (Phi) is 7.70. The maximum atomic E-state index is 12.4. The first kappa shape index (κ1) is 22.7. The SMILES string of the molecule is COc1cc(OC)cc(C(=O)N/N=C\c2ccc(OCc3ccc(C)cc3)c(OC)c2)c1. The number of rotatable bonds is 9. The summed E-state index contributed by atoms with van der Waals surface area (Å²) in [6.45, 7) is 2.48. The highest BCUT2D eigenvalue weighted by atomic mass is 16.5. The van der Waals surface area contributed by atoms with Gasteiger partial charge in [0.2, 0.25) is 0 Å². The van der Waals surface area contributed by atoms with E-state index in [1.807, 2.05) is 43.3 Å². The summed E-state index contributed by atoms with van der Waals surface area (Å²) < 4.78 is 21.7. The second kappa shape index (κ2) is 10.9. The number of methoxy groups -OCH3 is 3. The summed E-state index contributed by atoms with van der Waals surface area (Å²) in [7, 11) is 4.62. The number of hydrazone groups is 1. The van der Waals surface area contributed by atoms with Gasteiger partial charge in [-0.05, 0) is 48.4 Å². The van der Waals surface area contributed by atoms with Crippen LogP contribution in [0.3, 0.4) is 0 Å². The number of hydrogen-bond acceptors (Lipinski definition) is 6. The fourth-order valence-corrected chi connectivity index (χ4v) is 2.90. The summed E-state index contributed by atoms with van der Waals surface area (Å²) in [6.07, 6.45) is 1.53. The van der Waals surface area contributed by atoms with Gasteiger partial charge in [0.1, 0.15) is 18.1 Å². The number of carbonyl (C=O) groups excluding carboxylic acids is 1. The summed E-state index contributed by atoms with van der Waals surface area (Å²) in [5.74, 6) is 1.85. The summed E-state index contributed by atoms with van der Waals surface area (Å²) in [4.78, 5) is 12.4. The zero-order chi connectivity index (χ0) is 22.9. The Morgan fingerprint density at radius 2 is 1.56 bits per heavy atom. The topological polar surface area (TPSA) is 78.4 Å². The fourth-order valence-electron chi connectivity index (χ4n) is 2.90. The molecular weight excluding hydrogens is 408 g/mol. The van der Waals surface area contributed by atoms with E-state index < -0.39 is 0 Å². The third kappa shape index (κ3) is 6.01. The Bertz CT molecular complexity index is 1070. The van der Waals surface area contributed by atoms with Crippen LogP contribution in [0, 0.1) is 6.92 Å². The molecule has 0 radical (unpaired) electrons. The molecule has 32 heavy (non-hydrogen) atoms. The van der Waals surface area contributed by atoms with Crippen LogP contribution in [0.5, 0.6) is 23.0 Å². The maximum Gasteiger partial charge on any atom is 0.271 e. The van der Waals surface area contributed by atoms with E-state index in [1.54, 1.807) is 31.4 Å². The van der Waals surface area contributed by atoms with Crippen LogP contribution in [0.25, 0.3) is 0 Å². The monoisotopic (exact) mass is 434 g/mol. The molecule has 0 aliphatic heterocycles. The van der Waals surface area contributed by atoms with E-state index in [2.05, 4.69) is 10.5 Å². The molecule has 0 heterocycles. The van der Waals surface area contributed by atoms with E-state index in [-0.39, 0.29) is 5.91 Å². The lowest BCUT2D eigenvalue weighted by atomic mass is 10.2. The lowest BCUT2D eigenvalue weighted by Gasteiger charge is -2.11. The summed E-state index contributed by atoms with van der Waals surface area (Å²) in [6, 6.07) is 18.5. The highest BCUT2D eigenvalue weighted by molar-refractivity contribution is 5.95. The molecule has 0 bridgehead atoms. The molecule has 1 N–H and O–H groups in total. The van der Waals surface area contributed by atoms with Crippen molar-refractivity contribution < 1.29 is 23.7 Å². The first-order valence-corrected chi connectivity index (χ1v) is 9.95. The molecule has 3 aromatic carbocycles. The van der Waals surface area contributed by atoms with Crippen LogP contribution < -0.4 is 24.4 Å². The van der Waals surface area contributed by atoms with Gasteiger partial charge in [-0.15, -0.1) is 0 Å². The standard InChI is InChI=1S/C25H26N2O5/c1-17-5-7-18(8-6-17)16-32-23-10-9-19(11-24(23)31-4)15-26-27-25(28)20-12-21(29-2)14-22(13-20)30-3/h5-15H,16H2,1-4H3,(H,27,28)/b26-15-. The number of nitrogens with one attached hydrogen (secondary N) is 1. The predicted octanol–water partition coefficient (Wildman–Crippen LogP) is 4.36. The minimum Gasteiger partial charge on any atom is -0.497 e. The van der Waals surface area contributed by atoms with Crippen molar-refractivity contribution in [3.05, 3.63) is 82.9 Å². The van der Waals surface area contributed by atoms with Crippen LogP contribution in [-0.2, 0) is 6.61 Å². The van der Waals surface area contributed by atoms with Gasteiger partial charge in [-0.2, -0.15) is 5.10 Å². The molecule has 7 heteroatoms. The second-order valence-corrected chi connectivity index (χ2v) is 6.99. The van der Waals surface area contributed by atoms with Gasteiger partial charge >= 0.3 is 0 Å². The molecule has 1 amide bonds. The Morgan fingerprint density at radius 1 is 0.875 bits per heavy atom. The zero-order valence-corrected chi connectivity index (χ0v) is 18.5. The first-order chi connectivity index (χ1) is 15.5. The number of amides is 1. The molecule has 0 aromatic heterocycles. The molecule has 0 aliphatic rings. The molecular formula is C25H26N2O5. The zero-order valence-electron chi connectivity index (χ0n) is 18.5. The highest BCUT2D eigenvalue weighted by Crippen LogP contribution is 2.28. The minimum absolute atomic E-state index is 0.371. The van der Waals surface area contributed by atoms with E-state index in [4.69, 9.17) is 18.9 Å². The Labute approximate surface area is 187 Å². The highest BCUT2D eigenvalue weighted by Gasteiger charge is 2.10. The summed E-state index contributed by atoms with van der Waals surface area (Å²) in [5, 5.41) is 4.03. The van der Waals surface area contributed by atoms with Gasteiger partial charge in [0, 0.05) is 11.6 Å². The minimum atomic E-state index is -0.386. The van der Waals surface area contributed by atoms with Gasteiger partial charge in [-0.25, -0.2) is 5.43 Å². The van der Waals surface area contributed by atoms with Gasteiger partial charge in [0.25, 0.3) is 5.91 Å². The average molecular weight is 434 g/mol. The van der Waals surface area contributed by atoms with E-state index in [1.165, 1.54) is 26.0 Å². The van der Waals surface area contributed by atoms with Gasteiger partial charge in [0.05, 0.1) is 27.5 Å². The summed E-state index contributed by atoms with van der Waals surface area (Å²) in [5.41, 5.74) is 5.89. The van der Waals surface area contributed by atoms with Gasteiger partial charge < -0.3 is 18.9 Å². The van der Waals surface area contributed by atoms with E-state index in [0.717, 1.165) is 11.1 Å². The van der Waals surface area contributed by atoms with Crippen LogP contribution in [-0.4, -0.2) is 33.5 Å². The lowest BCUT2D eigenvalue weighted by Crippen LogP contribution is -2.17. The Morgan fingerprint density at radius 3 is 2.19 bits per heavy atom. The molecule has 0 fully saturated rings. The number of aryl methyl sites for hydroxylation is 1. The van der Waals surface area contributed by atoms with Crippen molar-refractivity contribution in [3.8, 4) is 23.0 Å². The molecule has 0 aliphatic carbocycles. The van der Waals surface area contributed by atoms with Gasteiger partial charge in [-0.3, -0.25) is 4.79 Å². The second-order valence-electron chi connectivity index (χ2n) is 6.99. The van der Waals surface area contributed by atoms with Crippen LogP contribution in [0.1, 0.15) is 27.0 Å². The summed E-state index contributed by atoms with van der Waals surface area (Å²) >= 11 is 0. The molecule has 0 saturated heterocycles. The molecule has 3 rings (SSSR count). The number of benzene rings is 3. The number of nitrogens with zero attached hydrogens (tertiary/aromatic N) is 1. The average Bonchev–Trinajstić information content (AvgIpc) is 2.83. The quantitative estimate of drug-likeness (QED) is 0.400. The molecule has 166 valence electrons. The van der Waals surface area contributed by atoms with Crippen molar-refractivity contribution in [2.75, 3.05) is 21.3 Å². The Hall–Kier alpha value is -4.00. The smallest absolute Gasteiger partial charge is 0.271 e. The third-order valence-corrected chi connectivity index (χ3v) is 4.70. The number of hydrogen-bond donors (Lipinski definition) is 1. The van der Waals surface area contributed by atoms with Crippen molar-refractivity contribution >= 4 is 12.1 Å². The van der Waals surface area contributed by atoms with E-state index >= 15 is 0 Å². The van der Waals surface area contributed by atoms with Crippen molar-refractivity contribution in [1.82, 2.24) is 5.43 Å². The third-order valence-electron chi connectivity index (χ3n) is 4.70. The lowest BCUT2D eigenvalue weighted by molar-refractivity contribution is 0.0954. The molecule has 3 aromatic rings.